The lowest BCUT2D eigenvalue weighted by atomic mass is 10.1. The lowest BCUT2D eigenvalue weighted by Crippen LogP contribution is -2.37. The van der Waals surface area contributed by atoms with Gasteiger partial charge in [-0.15, -0.1) is 0 Å². The summed E-state index contributed by atoms with van der Waals surface area (Å²) in [6.45, 7) is 3.97. The molecule has 134 valence electrons. The summed E-state index contributed by atoms with van der Waals surface area (Å²) in [6.07, 6.45) is 4.43. The summed E-state index contributed by atoms with van der Waals surface area (Å²) in [6, 6.07) is 8.53. The highest BCUT2D eigenvalue weighted by Gasteiger charge is 2.14. The standard InChI is InChI=1S/C18H29N3O2S/c1-19-18(20-8-11-24-2)21-13-15-4-3-5-16(12-15)14-23-17-6-9-22-10-7-17/h3-5,12,17H,6-11,13-14H2,1-2H3,(H2,19,20,21). The van der Waals surface area contributed by atoms with E-state index in [2.05, 4.69) is 46.1 Å². The van der Waals surface area contributed by atoms with Crippen molar-refractivity contribution in [3.05, 3.63) is 35.4 Å². The maximum atomic E-state index is 6.00. The maximum Gasteiger partial charge on any atom is 0.191 e. The predicted octanol–water partition coefficient (Wildman–Crippen LogP) is 2.41. The van der Waals surface area contributed by atoms with Crippen molar-refractivity contribution < 1.29 is 9.47 Å². The molecule has 1 aromatic rings. The van der Waals surface area contributed by atoms with Crippen molar-refractivity contribution >= 4 is 17.7 Å². The van der Waals surface area contributed by atoms with E-state index in [1.165, 1.54) is 11.1 Å². The molecule has 0 aromatic heterocycles. The van der Waals surface area contributed by atoms with E-state index in [-0.39, 0.29) is 0 Å². The molecule has 0 radical (unpaired) electrons. The topological polar surface area (TPSA) is 54.9 Å². The number of nitrogens with one attached hydrogen (secondary N) is 2. The number of benzene rings is 1. The highest BCUT2D eigenvalue weighted by atomic mass is 32.2. The van der Waals surface area contributed by atoms with Gasteiger partial charge in [-0.2, -0.15) is 11.8 Å². The summed E-state index contributed by atoms with van der Waals surface area (Å²) >= 11 is 1.82. The van der Waals surface area contributed by atoms with Crippen LogP contribution in [0.5, 0.6) is 0 Å². The van der Waals surface area contributed by atoms with Crippen molar-refractivity contribution in [3.63, 3.8) is 0 Å². The number of nitrogens with zero attached hydrogens (tertiary/aromatic N) is 1. The SMILES string of the molecule is CN=C(NCCSC)NCc1cccc(COC2CCOCC2)c1. The van der Waals surface area contributed by atoms with E-state index in [1.54, 1.807) is 7.05 Å². The van der Waals surface area contributed by atoms with Crippen LogP contribution in [0, 0.1) is 0 Å². The quantitative estimate of drug-likeness (QED) is 0.428. The van der Waals surface area contributed by atoms with Crippen LogP contribution in [-0.2, 0) is 22.6 Å². The number of ether oxygens (including phenoxy) is 2. The summed E-state index contributed by atoms with van der Waals surface area (Å²) < 4.78 is 11.4. The smallest absolute Gasteiger partial charge is 0.191 e. The molecule has 1 aliphatic heterocycles. The van der Waals surface area contributed by atoms with E-state index in [4.69, 9.17) is 9.47 Å². The Bertz CT molecular complexity index is 505. The first kappa shape index (κ1) is 19.1. The van der Waals surface area contributed by atoms with Gasteiger partial charge in [0.1, 0.15) is 0 Å². The summed E-state index contributed by atoms with van der Waals surface area (Å²) in [5, 5.41) is 6.65. The second-order valence-corrected chi connectivity index (χ2v) is 6.77. The first-order chi connectivity index (χ1) is 11.8. The maximum absolute atomic E-state index is 6.00. The Morgan fingerprint density at radius 2 is 2.08 bits per heavy atom. The van der Waals surface area contributed by atoms with Crippen molar-refractivity contribution in [2.24, 2.45) is 4.99 Å². The molecule has 1 aromatic carbocycles. The van der Waals surface area contributed by atoms with E-state index in [9.17, 15) is 0 Å². The molecule has 1 heterocycles. The minimum absolute atomic E-state index is 0.333. The van der Waals surface area contributed by atoms with Crippen LogP contribution in [0.15, 0.2) is 29.3 Å². The van der Waals surface area contributed by atoms with Crippen LogP contribution in [0.25, 0.3) is 0 Å². The Morgan fingerprint density at radius 3 is 2.83 bits per heavy atom. The number of aliphatic imine (C=N–C) groups is 1. The third-order valence-electron chi connectivity index (χ3n) is 3.93. The zero-order valence-electron chi connectivity index (χ0n) is 14.7. The van der Waals surface area contributed by atoms with Crippen LogP contribution >= 0.6 is 11.8 Å². The number of hydrogen-bond acceptors (Lipinski definition) is 4. The van der Waals surface area contributed by atoms with Gasteiger partial charge in [-0.1, -0.05) is 24.3 Å². The third kappa shape index (κ3) is 7.11. The van der Waals surface area contributed by atoms with Crippen LogP contribution in [-0.4, -0.2) is 50.9 Å². The van der Waals surface area contributed by atoms with Crippen molar-refractivity contribution in [2.45, 2.75) is 32.1 Å². The largest absolute Gasteiger partial charge is 0.381 e. The number of rotatable bonds is 8. The van der Waals surface area contributed by atoms with Crippen LogP contribution < -0.4 is 10.6 Å². The second-order valence-electron chi connectivity index (χ2n) is 5.79. The Morgan fingerprint density at radius 1 is 1.29 bits per heavy atom. The third-order valence-corrected chi connectivity index (χ3v) is 4.54. The van der Waals surface area contributed by atoms with Gasteiger partial charge in [0.15, 0.2) is 5.96 Å². The van der Waals surface area contributed by atoms with Gasteiger partial charge in [-0.3, -0.25) is 4.99 Å². The average molecular weight is 352 g/mol. The van der Waals surface area contributed by atoms with E-state index in [0.29, 0.717) is 12.7 Å². The fourth-order valence-electron chi connectivity index (χ4n) is 2.56. The minimum atomic E-state index is 0.333. The summed E-state index contributed by atoms with van der Waals surface area (Å²) in [5.41, 5.74) is 2.45. The summed E-state index contributed by atoms with van der Waals surface area (Å²) in [7, 11) is 1.80. The monoisotopic (exact) mass is 351 g/mol. The molecule has 1 fully saturated rings. The van der Waals surface area contributed by atoms with Gasteiger partial charge in [-0.25, -0.2) is 0 Å². The molecular weight excluding hydrogens is 322 g/mol. The zero-order chi connectivity index (χ0) is 17.0. The molecule has 2 N–H and O–H groups in total. The van der Waals surface area contributed by atoms with E-state index < -0.39 is 0 Å². The first-order valence-corrected chi connectivity index (χ1v) is 9.92. The van der Waals surface area contributed by atoms with Gasteiger partial charge in [0.25, 0.3) is 0 Å². The molecule has 5 nitrogen and oxygen atoms in total. The second kappa shape index (κ2) is 11.3. The molecule has 0 bridgehead atoms. The molecular formula is C18H29N3O2S. The van der Waals surface area contributed by atoms with E-state index >= 15 is 0 Å². The molecule has 0 unspecified atom stereocenters. The molecule has 1 aliphatic rings. The highest BCUT2D eigenvalue weighted by molar-refractivity contribution is 7.98. The van der Waals surface area contributed by atoms with Gasteiger partial charge in [0, 0.05) is 39.1 Å². The Balaban J connectivity index is 1.76. The Labute approximate surface area is 149 Å². The van der Waals surface area contributed by atoms with Gasteiger partial charge in [0.2, 0.25) is 0 Å². The van der Waals surface area contributed by atoms with Crippen LogP contribution in [0.3, 0.4) is 0 Å². The molecule has 0 spiro atoms. The zero-order valence-corrected chi connectivity index (χ0v) is 15.5. The van der Waals surface area contributed by atoms with Crippen LogP contribution in [0.4, 0.5) is 0 Å². The minimum Gasteiger partial charge on any atom is -0.381 e. The van der Waals surface area contributed by atoms with Gasteiger partial charge < -0.3 is 20.1 Å². The van der Waals surface area contributed by atoms with Crippen molar-refractivity contribution in [1.82, 2.24) is 10.6 Å². The fourth-order valence-corrected chi connectivity index (χ4v) is 2.87. The molecule has 0 atom stereocenters. The highest BCUT2D eigenvalue weighted by Crippen LogP contribution is 2.14. The molecule has 24 heavy (non-hydrogen) atoms. The van der Waals surface area contributed by atoms with E-state index in [1.807, 2.05) is 11.8 Å². The van der Waals surface area contributed by atoms with Crippen molar-refractivity contribution in [2.75, 3.05) is 38.8 Å². The average Bonchev–Trinajstić information content (AvgIpc) is 2.64. The van der Waals surface area contributed by atoms with Gasteiger partial charge >= 0.3 is 0 Å². The molecule has 0 saturated carbocycles. The van der Waals surface area contributed by atoms with Crippen LogP contribution in [0.2, 0.25) is 0 Å². The van der Waals surface area contributed by atoms with Crippen molar-refractivity contribution in [1.29, 1.82) is 0 Å². The molecule has 6 heteroatoms. The van der Waals surface area contributed by atoms with Gasteiger partial charge in [0.05, 0.1) is 12.7 Å². The first-order valence-electron chi connectivity index (χ1n) is 8.52. The molecule has 2 rings (SSSR count). The molecule has 0 amide bonds. The number of guanidine groups is 1. The normalized spacial score (nSPS) is 16.2. The number of thioether (sulfide) groups is 1. The lowest BCUT2D eigenvalue weighted by Gasteiger charge is -2.22. The van der Waals surface area contributed by atoms with Gasteiger partial charge in [-0.05, 0) is 30.2 Å². The Hall–Kier alpha value is -1.24. The molecule has 0 aliphatic carbocycles. The van der Waals surface area contributed by atoms with E-state index in [0.717, 1.165) is 50.9 Å². The number of hydrogen-bond donors (Lipinski definition) is 2. The summed E-state index contributed by atoms with van der Waals surface area (Å²) in [4.78, 5) is 4.24. The Kier molecular flexibility index (Phi) is 9.02. The fraction of sp³-hybridized carbons (Fsp3) is 0.611. The predicted molar refractivity (Wildman–Crippen MR) is 102 cm³/mol. The lowest BCUT2D eigenvalue weighted by molar-refractivity contribution is -0.0390. The van der Waals surface area contributed by atoms with Crippen molar-refractivity contribution in [3.8, 4) is 0 Å². The summed E-state index contributed by atoms with van der Waals surface area (Å²) in [5.74, 6) is 1.91. The van der Waals surface area contributed by atoms with Crippen LogP contribution in [0.1, 0.15) is 24.0 Å². The molecule has 1 saturated heterocycles.